The fraction of sp³-hybridized carbons (Fsp3) is 0.633. The second kappa shape index (κ2) is 51.9. The topological polar surface area (TPSA) is 199 Å². The molecule has 13 nitrogen and oxygen atoms in total. The quantitative estimate of drug-likeness (QED) is 0.0356. The molecule has 14 heteroatoms. The predicted molar refractivity (Wildman–Crippen MR) is 274 cm³/mol. The molecule has 3 amide bonds. The molecular weight excluding hydrogens is 817 g/mol. The highest BCUT2D eigenvalue weighted by Gasteiger charge is 2.41. The van der Waals surface area contributed by atoms with E-state index >= 15 is 0 Å². The molecule has 0 spiro atoms. The van der Waals surface area contributed by atoms with Crippen LogP contribution >= 0.6 is 11.8 Å². The van der Waals surface area contributed by atoms with Crippen molar-refractivity contribution >= 4 is 59.3 Å². The summed E-state index contributed by atoms with van der Waals surface area (Å²) >= 11 is 1.57. The van der Waals surface area contributed by atoms with Gasteiger partial charge in [-0.25, -0.2) is 0 Å². The van der Waals surface area contributed by atoms with Crippen LogP contribution in [0, 0.1) is 11.8 Å². The number of H-pyrrole nitrogens is 1. The van der Waals surface area contributed by atoms with E-state index < -0.39 is 0 Å². The molecule has 1 aromatic carbocycles. The molecule has 0 bridgehead atoms. The Kier molecular flexibility index (Phi) is 57.9. The molecule has 1 aliphatic heterocycles. The number of rotatable bonds is 14. The first-order valence-electron chi connectivity index (χ1n) is 23.1. The van der Waals surface area contributed by atoms with Crippen molar-refractivity contribution in [3.8, 4) is 5.75 Å². The second-order valence-electron chi connectivity index (χ2n) is 12.0. The fourth-order valence-corrected chi connectivity index (χ4v) is 5.86. The molecule has 1 aromatic heterocycles. The number of ether oxygens (including phenoxy) is 2. The third-order valence-electron chi connectivity index (χ3n) is 7.79. The van der Waals surface area contributed by atoms with Crippen LogP contribution in [0.15, 0.2) is 51.6 Å². The first-order valence-corrected chi connectivity index (χ1v) is 24.2. The molecule has 2 fully saturated rings. The minimum absolute atomic E-state index is 0.0577. The summed E-state index contributed by atoms with van der Waals surface area (Å²) in [6, 6.07) is 6.52. The van der Waals surface area contributed by atoms with E-state index in [1.807, 2.05) is 94.6 Å². The number of pyridine rings is 1. The highest BCUT2D eigenvalue weighted by molar-refractivity contribution is 8.02. The number of nitrogens with zero attached hydrogens (tertiary/aromatic N) is 2. The van der Waals surface area contributed by atoms with Crippen molar-refractivity contribution in [3.05, 3.63) is 57.7 Å². The number of aromatic amines is 1. The number of allylic oxidation sites excluding steroid dienone is 2. The number of nitrogens with one attached hydrogen (secondary N) is 2. The summed E-state index contributed by atoms with van der Waals surface area (Å²) in [5.41, 5.74) is 11.4. The third kappa shape index (κ3) is 33.8. The molecule has 2 aliphatic rings. The summed E-state index contributed by atoms with van der Waals surface area (Å²) in [7, 11) is 3.03. The van der Waals surface area contributed by atoms with Crippen molar-refractivity contribution in [2.24, 2.45) is 28.3 Å². The van der Waals surface area contributed by atoms with Crippen molar-refractivity contribution in [3.63, 3.8) is 0 Å². The van der Waals surface area contributed by atoms with E-state index in [4.69, 9.17) is 15.3 Å². The van der Waals surface area contributed by atoms with Gasteiger partial charge >= 0.3 is 5.97 Å². The number of carbonyl (C=O) groups excluding carboxylic acids is 4. The van der Waals surface area contributed by atoms with Crippen molar-refractivity contribution in [2.75, 3.05) is 33.2 Å². The van der Waals surface area contributed by atoms with Gasteiger partial charge in [0.2, 0.25) is 18.2 Å². The van der Waals surface area contributed by atoms with Crippen LogP contribution in [0.1, 0.15) is 161 Å². The predicted octanol–water partition coefficient (Wildman–Crippen LogP) is 10.9. The van der Waals surface area contributed by atoms with Gasteiger partial charge in [0, 0.05) is 36.4 Å². The van der Waals surface area contributed by atoms with E-state index in [0.29, 0.717) is 46.9 Å². The third-order valence-corrected chi connectivity index (χ3v) is 8.55. The highest BCUT2D eigenvalue weighted by Crippen LogP contribution is 2.40. The number of amides is 3. The molecule has 63 heavy (non-hydrogen) atoms. The number of benzene rings is 1. The highest BCUT2D eigenvalue weighted by atomic mass is 32.2. The summed E-state index contributed by atoms with van der Waals surface area (Å²) in [5, 5.41) is 5.70. The van der Waals surface area contributed by atoms with Gasteiger partial charge in [-0.1, -0.05) is 128 Å². The van der Waals surface area contributed by atoms with E-state index in [1.54, 1.807) is 48.0 Å². The molecule has 2 aromatic rings. The smallest absolute Gasteiger partial charge is 0.309 e. The summed E-state index contributed by atoms with van der Waals surface area (Å²) in [6.07, 6.45) is 11.8. The lowest BCUT2D eigenvalue weighted by molar-refractivity contribution is -0.142. The van der Waals surface area contributed by atoms with Gasteiger partial charge in [0.05, 0.1) is 37.0 Å². The van der Waals surface area contributed by atoms with Gasteiger partial charge in [0.15, 0.2) is 5.43 Å². The van der Waals surface area contributed by atoms with Gasteiger partial charge in [0.25, 0.3) is 0 Å². The number of hydrogen-bond acceptors (Lipinski definition) is 10. The molecular formula is C49H92N6O7S. The minimum Gasteiger partial charge on any atom is -0.497 e. The molecule has 1 saturated carbocycles. The molecule has 2 heterocycles. The number of likely N-dealkylation sites (tertiary alicyclic amines) is 1. The summed E-state index contributed by atoms with van der Waals surface area (Å²) in [5.74, 6) is 1.74. The van der Waals surface area contributed by atoms with Crippen LogP contribution < -0.4 is 26.9 Å². The summed E-state index contributed by atoms with van der Waals surface area (Å²) in [4.78, 5) is 63.3. The lowest BCUT2D eigenvalue weighted by atomic mass is 10.1. The van der Waals surface area contributed by atoms with Gasteiger partial charge in [-0.2, -0.15) is 0 Å². The number of methoxy groups -OCH3 is 2. The Morgan fingerprint density at radius 2 is 1.56 bits per heavy atom. The molecule has 0 radical (unpaired) electrons. The number of esters is 1. The average molecular weight is 909 g/mol. The molecule has 6 N–H and O–H groups in total. The maximum atomic E-state index is 12.2. The maximum absolute atomic E-state index is 12.2. The zero-order valence-electron chi connectivity index (χ0n) is 42.7. The number of primary amides is 2. The normalized spacial score (nSPS) is 14.8. The van der Waals surface area contributed by atoms with Crippen LogP contribution in [-0.2, 0) is 23.9 Å². The van der Waals surface area contributed by atoms with Gasteiger partial charge in [0.1, 0.15) is 11.8 Å². The van der Waals surface area contributed by atoms with E-state index in [9.17, 15) is 19.2 Å². The Bertz CT molecular complexity index is 1530. The minimum atomic E-state index is -0.364. The Labute approximate surface area is 388 Å². The Morgan fingerprint density at radius 1 is 0.984 bits per heavy atom. The number of carbonyl (C=O) groups is 4. The maximum Gasteiger partial charge on any atom is 0.309 e. The van der Waals surface area contributed by atoms with Gasteiger partial charge in [-0.15, -0.1) is 11.8 Å². The number of nitrogens with two attached hydrogens (primary N) is 2. The van der Waals surface area contributed by atoms with Crippen LogP contribution in [0.5, 0.6) is 5.75 Å². The first kappa shape index (κ1) is 70.2. The SMILES string of the molecule is C/C=C\C1CC1C(=O)OC.C=N/C(=C\SCNCC)c1cc(=O)c2ccc(OC)cc2[nH]1.CC.CC.CC.CC.CC.CCC.CCCCCC(=O)N1CCCC1C(N)=O.NC=O. The monoisotopic (exact) mass is 909 g/mol. The number of fused-ring (bicyclic) bond motifs is 1. The first-order chi connectivity index (χ1) is 30.5. The molecule has 1 saturated heterocycles. The van der Waals surface area contributed by atoms with Gasteiger partial charge < -0.3 is 36.1 Å². The van der Waals surface area contributed by atoms with E-state index in [-0.39, 0.29) is 41.6 Å². The zero-order chi connectivity index (χ0) is 50.2. The van der Waals surface area contributed by atoms with Gasteiger partial charge in [-0.05, 0) is 69.3 Å². The second-order valence-corrected chi connectivity index (χ2v) is 12.9. The summed E-state index contributed by atoms with van der Waals surface area (Å²) in [6.45, 7) is 35.5. The van der Waals surface area contributed by atoms with Gasteiger partial charge in [-0.3, -0.25) is 29.0 Å². The van der Waals surface area contributed by atoms with Crippen LogP contribution in [-0.4, -0.2) is 80.0 Å². The number of aliphatic imine (C=N–C) groups is 1. The number of hydrogen-bond donors (Lipinski definition) is 4. The number of thioether (sulfide) groups is 1. The van der Waals surface area contributed by atoms with Crippen molar-refractivity contribution < 1.29 is 28.7 Å². The lowest BCUT2D eigenvalue weighted by Crippen LogP contribution is -2.43. The van der Waals surface area contributed by atoms with Crippen LogP contribution in [0.2, 0.25) is 0 Å². The van der Waals surface area contributed by atoms with Crippen molar-refractivity contribution in [1.82, 2.24) is 15.2 Å². The molecule has 3 atom stereocenters. The average Bonchev–Trinajstić information content (AvgIpc) is 3.91. The standard InChI is InChI=1S/C16H19N3O2S.C11H20N2O2.C8H12O2.C3H8.5C2H6.CH3NO/c1-4-18-10-22-9-15(17-2)14-8-16(20)12-6-5-11(21-3)7-13(12)19-14;1-2-3-4-7-10(14)13-8-5-6-9(13)11(12)15;1-3-4-6-5-7(6)8(9)10-2;1-3-2;5*1-2;2-1-3/h5-9,18H,2,4,10H2,1,3H3,(H,19,20);9H,2-8H2,1H3,(H2,12,15);3-4,6-7H,5H2,1-2H3;3H2,1-2H3;5*1-2H3;1H,(H2,2,3)/b15-9-;;4-3-;;;;;;;. The largest absolute Gasteiger partial charge is 0.497 e. The molecule has 4 rings (SSSR count). The van der Waals surface area contributed by atoms with Crippen molar-refractivity contribution in [1.29, 1.82) is 0 Å². The van der Waals surface area contributed by atoms with E-state index in [0.717, 1.165) is 50.9 Å². The van der Waals surface area contributed by atoms with E-state index in [2.05, 4.69) is 59.3 Å². The molecule has 3 unspecified atom stereocenters. The van der Waals surface area contributed by atoms with Crippen LogP contribution in [0.25, 0.3) is 16.6 Å². The van der Waals surface area contributed by atoms with Crippen LogP contribution in [0.4, 0.5) is 0 Å². The lowest BCUT2D eigenvalue weighted by Gasteiger charge is -2.22. The Balaban J connectivity index is -0.000000173. The zero-order valence-corrected chi connectivity index (χ0v) is 43.5. The fourth-order valence-electron chi connectivity index (χ4n) is 5.09. The van der Waals surface area contributed by atoms with E-state index in [1.165, 1.54) is 13.5 Å². The molecule has 1 aliphatic carbocycles. The van der Waals surface area contributed by atoms with Crippen molar-refractivity contribution in [2.45, 2.75) is 161 Å². The number of unbranched alkanes of at least 4 members (excludes halogenated alkanes) is 2. The van der Waals surface area contributed by atoms with Crippen LogP contribution in [0.3, 0.4) is 0 Å². The Hall–Kier alpha value is -4.43. The Morgan fingerprint density at radius 3 is 2.02 bits per heavy atom. The molecule has 366 valence electrons. The number of aromatic nitrogens is 1. The summed E-state index contributed by atoms with van der Waals surface area (Å²) < 4.78 is 9.77.